The van der Waals surface area contributed by atoms with Gasteiger partial charge >= 0.3 is 0 Å². The molecule has 1 aliphatic carbocycles. The molecule has 2 unspecified atom stereocenters. The van der Waals surface area contributed by atoms with Crippen molar-refractivity contribution in [2.24, 2.45) is 23.3 Å². The average Bonchev–Trinajstić information content (AvgIpc) is 2.04. The summed E-state index contributed by atoms with van der Waals surface area (Å²) < 4.78 is 0. The number of hydrogen-bond donors (Lipinski definition) is 2. The zero-order valence-electron chi connectivity index (χ0n) is 6.03. The maximum absolute atomic E-state index is 5.53. The van der Waals surface area contributed by atoms with Gasteiger partial charge in [0.1, 0.15) is 0 Å². The molecular formula is C8H14N2. The van der Waals surface area contributed by atoms with Crippen molar-refractivity contribution in [2.75, 3.05) is 13.1 Å². The van der Waals surface area contributed by atoms with E-state index >= 15 is 0 Å². The van der Waals surface area contributed by atoms with Crippen molar-refractivity contribution in [1.29, 1.82) is 0 Å². The predicted molar refractivity (Wildman–Crippen MR) is 43.4 cm³/mol. The van der Waals surface area contributed by atoms with Crippen LogP contribution < -0.4 is 11.5 Å². The van der Waals surface area contributed by atoms with Crippen molar-refractivity contribution >= 4 is 0 Å². The van der Waals surface area contributed by atoms with Gasteiger partial charge in [-0.15, -0.1) is 0 Å². The number of nitrogens with two attached hydrogens (primary N) is 2. The molecule has 0 heterocycles. The molecule has 0 aromatic rings. The van der Waals surface area contributed by atoms with Gasteiger partial charge in [0, 0.05) is 0 Å². The number of rotatable bonds is 2. The molecule has 2 heteroatoms. The average molecular weight is 138 g/mol. The Morgan fingerprint density at radius 2 is 1.30 bits per heavy atom. The van der Waals surface area contributed by atoms with Crippen molar-refractivity contribution in [3.05, 3.63) is 24.3 Å². The number of hydrogen-bond acceptors (Lipinski definition) is 2. The van der Waals surface area contributed by atoms with Gasteiger partial charge in [0.25, 0.3) is 0 Å². The van der Waals surface area contributed by atoms with Crippen LogP contribution in [0.5, 0.6) is 0 Å². The first kappa shape index (κ1) is 7.51. The molecule has 1 rings (SSSR count). The summed E-state index contributed by atoms with van der Waals surface area (Å²) in [7, 11) is 0. The molecule has 2 nitrogen and oxygen atoms in total. The molecule has 56 valence electrons. The molecule has 10 heavy (non-hydrogen) atoms. The Kier molecular flexibility index (Phi) is 2.66. The molecule has 0 spiro atoms. The van der Waals surface area contributed by atoms with Crippen molar-refractivity contribution in [3.63, 3.8) is 0 Å². The first-order valence-corrected chi connectivity index (χ1v) is 3.63. The maximum atomic E-state index is 5.53. The summed E-state index contributed by atoms with van der Waals surface area (Å²) in [6.45, 7) is 1.39. The third kappa shape index (κ3) is 1.46. The van der Waals surface area contributed by atoms with Crippen molar-refractivity contribution in [3.8, 4) is 0 Å². The van der Waals surface area contributed by atoms with E-state index in [0.29, 0.717) is 24.9 Å². The Morgan fingerprint density at radius 1 is 0.900 bits per heavy atom. The Morgan fingerprint density at radius 3 is 1.60 bits per heavy atom. The molecule has 2 atom stereocenters. The second-order valence-electron chi connectivity index (χ2n) is 2.57. The van der Waals surface area contributed by atoms with Crippen molar-refractivity contribution < 1.29 is 0 Å². The topological polar surface area (TPSA) is 52.0 Å². The highest BCUT2D eigenvalue weighted by Crippen LogP contribution is 2.16. The summed E-state index contributed by atoms with van der Waals surface area (Å²) in [5.74, 6) is 0.907. The van der Waals surface area contributed by atoms with E-state index < -0.39 is 0 Å². The van der Waals surface area contributed by atoms with Gasteiger partial charge in [0.05, 0.1) is 0 Å². The smallest absolute Gasteiger partial charge is 0.000791 e. The number of allylic oxidation sites excluding steroid dienone is 2. The molecule has 0 aromatic carbocycles. The monoisotopic (exact) mass is 138 g/mol. The van der Waals surface area contributed by atoms with Gasteiger partial charge in [-0.3, -0.25) is 0 Å². The van der Waals surface area contributed by atoms with Crippen molar-refractivity contribution in [1.82, 2.24) is 0 Å². The van der Waals surface area contributed by atoms with Crippen LogP contribution in [0.3, 0.4) is 0 Å². The molecule has 4 N–H and O–H groups in total. The minimum Gasteiger partial charge on any atom is -0.330 e. The third-order valence-corrected chi connectivity index (χ3v) is 1.92. The van der Waals surface area contributed by atoms with Gasteiger partial charge in [-0.05, 0) is 24.9 Å². The van der Waals surface area contributed by atoms with Crippen LogP contribution in [0.1, 0.15) is 0 Å². The van der Waals surface area contributed by atoms with Crippen LogP contribution in [0, 0.1) is 11.8 Å². The summed E-state index contributed by atoms with van der Waals surface area (Å²) >= 11 is 0. The predicted octanol–water partition coefficient (Wildman–Crippen LogP) is 0.262. The summed E-state index contributed by atoms with van der Waals surface area (Å²) in [4.78, 5) is 0. The SMILES string of the molecule is NCC1C=CC=CC1CN. The molecular weight excluding hydrogens is 124 g/mol. The second kappa shape index (κ2) is 3.54. The van der Waals surface area contributed by atoms with E-state index in [-0.39, 0.29) is 0 Å². The second-order valence-corrected chi connectivity index (χ2v) is 2.57. The Hall–Kier alpha value is -0.600. The van der Waals surface area contributed by atoms with E-state index in [1.807, 2.05) is 12.2 Å². The fourth-order valence-electron chi connectivity index (χ4n) is 1.21. The quantitative estimate of drug-likeness (QED) is 0.575. The minimum absolute atomic E-state index is 0.454. The third-order valence-electron chi connectivity index (χ3n) is 1.92. The lowest BCUT2D eigenvalue weighted by molar-refractivity contribution is 0.487. The molecule has 1 aliphatic rings. The van der Waals surface area contributed by atoms with Gasteiger partial charge in [-0.2, -0.15) is 0 Å². The van der Waals surface area contributed by atoms with Gasteiger partial charge in [-0.1, -0.05) is 24.3 Å². The highest BCUT2D eigenvalue weighted by Gasteiger charge is 2.14. The van der Waals surface area contributed by atoms with Gasteiger partial charge in [-0.25, -0.2) is 0 Å². The lowest BCUT2D eigenvalue weighted by Crippen LogP contribution is -2.27. The lowest BCUT2D eigenvalue weighted by atomic mass is 9.89. The summed E-state index contributed by atoms with van der Waals surface area (Å²) in [5.41, 5.74) is 11.1. The Balaban J connectivity index is 2.55. The highest BCUT2D eigenvalue weighted by molar-refractivity contribution is 5.14. The largest absolute Gasteiger partial charge is 0.330 e. The summed E-state index contributed by atoms with van der Waals surface area (Å²) in [6, 6.07) is 0. The van der Waals surface area contributed by atoms with Crippen LogP contribution in [0.25, 0.3) is 0 Å². The van der Waals surface area contributed by atoms with E-state index in [1.165, 1.54) is 0 Å². The van der Waals surface area contributed by atoms with Crippen molar-refractivity contribution in [2.45, 2.75) is 0 Å². The molecule has 0 amide bonds. The lowest BCUT2D eigenvalue weighted by Gasteiger charge is -2.20. The normalized spacial score (nSPS) is 31.0. The zero-order valence-corrected chi connectivity index (χ0v) is 6.03. The van der Waals surface area contributed by atoms with E-state index in [4.69, 9.17) is 11.5 Å². The van der Waals surface area contributed by atoms with Crippen LogP contribution in [0.2, 0.25) is 0 Å². The van der Waals surface area contributed by atoms with E-state index in [0.717, 1.165) is 0 Å². The van der Waals surface area contributed by atoms with E-state index in [1.54, 1.807) is 0 Å². The van der Waals surface area contributed by atoms with Crippen LogP contribution in [-0.2, 0) is 0 Å². The first-order valence-electron chi connectivity index (χ1n) is 3.63. The fraction of sp³-hybridized carbons (Fsp3) is 0.500. The molecule has 0 saturated carbocycles. The molecule has 0 fully saturated rings. The van der Waals surface area contributed by atoms with Crippen LogP contribution in [0.4, 0.5) is 0 Å². The first-order chi connectivity index (χ1) is 4.88. The molecule has 0 aliphatic heterocycles. The zero-order chi connectivity index (χ0) is 7.40. The Labute approximate surface area is 61.6 Å². The fourth-order valence-corrected chi connectivity index (χ4v) is 1.21. The highest BCUT2D eigenvalue weighted by atomic mass is 14.6. The van der Waals surface area contributed by atoms with Crippen LogP contribution in [0.15, 0.2) is 24.3 Å². The molecule has 0 saturated heterocycles. The van der Waals surface area contributed by atoms with Crippen LogP contribution in [-0.4, -0.2) is 13.1 Å². The maximum Gasteiger partial charge on any atom is -0.000791 e. The standard InChI is InChI=1S/C8H14N2/c9-5-7-3-1-2-4-8(7)6-10/h1-4,7-8H,5-6,9-10H2. The van der Waals surface area contributed by atoms with Gasteiger partial charge in [0.15, 0.2) is 0 Å². The van der Waals surface area contributed by atoms with Crippen LogP contribution >= 0.6 is 0 Å². The summed E-state index contributed by atoms with van der Waals surface area (Å²) in [6.07, 6.45) is 8.31. The van der Waals surface area contributed by atoms with Gasteiger partial charge in [0.2, 0.25) is 0 Å². The van der Waals surface area contributed by atoms with E-state index in [9.17, 15) is 0 Å². The minimum atomic E-state index is 0.454. The Bertz CT molecular complexity index is 131. The summed E-state index contributed by atoms with van der Waals surface area (Å²) in [5, 5.41) is 0. The van der Waals surface area contributed by atoms with Gasteiger partial charge < -0.3 is 11.5 Å². The van der Waals surface area contributed by atoms with E-state index in [2.05, 4.69) is 12.2 Å². The molecule has 0 radical (unpaired) electrons. The molecule has 0 bridgehead atoms. The molecule has 0 aromatic heterocycles.